The second-order valence-electron chi connectivity index (χ2n) is 5.71. The van der Waals surface area contributed by atoms with E-state index in [2.05, 4.69) is 11.8 Å². The summed E-state index contributed by atoms with van der Waals surface area (Å²) < 4.78 is 10.8. The highest BCUT2D eigenvalue weighted by Crippen LogP contribution is 2.38. The Bertz CT molecular complexity index is 428. The van der Waals surface area contributed by atoms with Crippen LogP contribution >= 0.6 is 0 Å². The lowest BCUT2D eigenvalue weighted by molar-refractivity contribution is -0.0279. The maximum atomic E-state index is 11.0. The SMILES string of the molecule is CCCN1CCC(O)(c2ccccc2OCCOC)CC1. The Morgan fingerprint density at radius 2 is 1.90 bits per heavy atom. The van der Waals surface area contributed by atoms with E-state index in [0.717, 1.165) is 50.2 Å². The fourth-order valence-electron chi connectivity index (χ4n) is 2.94. The summed E-state index contributed by atoms with van der Waals surface area (Å²) >= 11 is 0. The number of rotatable bonds is 7. The van der Waals surface area contributed by atoms with E-state index in [4.69, 9.17) is 9.47 Å². The number of ether oxygens (including phenoxy) is 2. The first kappa shape index (κ1) is 16.3. The number of nitrogens with zero attached hydrogens (tertiary/aromatic N) is 1. The van der Waals surface area contributed by atoms with E-state index in [1.807, 2.05) is 24.3 Å². The first-order valence-corrected chi connectivity index (χ1v) is 7.85. The van der Waals surface area contributed by atoms with E-state index in [1.165, 1.54) is 0 Å². The van der Waals surface area contributed by atoms with Crippen molar-refractivity contribution in [1.29, 1.82) is 0 Å². The Morgan fingerprint density at radius 3 is 2.57 bits per heavy atom. The summed E-state index contributed by atoms with van der Waals surface area (Å²) in [5.41, 5.74) is 0.144. The van der Waals surface area contributed by atoms with Crippen LogP contribution in [0.5, 0.6) is 5.75 Å². The third-order valence-corrected chi connectivity index (χ3v) is 4.16. The van der Waals surface area contributed by atoms with E-state index in [-0.39, 0.29) is 0 Å². The standard InChI is InChI=1S/C17H27NO3/c1-3-10-18-11-8-17(19,9-12-18)15-6-4-5-7-16(15)21-14-13-20-2/h4-7,19H,3,8-14H2,1-2H3. The van der Waals surface area contributed by atoms with Crippen LogP contribution in [0.1, 0.15) is 31.7 Å². The molecular weight excluding hydrogens is 266 g/mol. The molecule has 1 aliphatic rings. The van der Waals surface area contributed by atoms with Gasteiger partial charge in [-0.15, -0.1) is 0 Å². The number of methoxy groups -OCH3 is 1. The molecule has 1 aromatic rings. The van der Waals surface area contributed by atoms with Crippen LogP contribution in [0.15, 0.2) is 24.3 Å². The number of piperidine rings is 1. The zero-order chi connectivity index (χ0) is 15.1. The molecular formula is C17H27NO3. The van der Waals surface area contributed by atoms with Crippen LogP contribution in [0.4, 0.5) is 0 Å². The fraction of sp³-hybridized carbons (Fsp3) is 0.647. The van der Waals surface area contributed by atoms with Crippen molar-refractivity contribution in [3.05, 3.63) is 29.8 Å². The molecule has 1 N–H and O–H groups in total. The Hall–Kier alpha value is -1.10. The van der Waals surface area contributed by atoms with Crippen molar-refractivity contribution >= 4 is 0 Å². The monoisotopic (exact) mass is 293 g/mol. The molecule has 4 heteroatoms. The second kappa shape index (κ2) is 7.78. The smallest absolute Gasteiger partial charge is 0.125 e. The molecule has 0 radical (unpaired) electrons. The maximum absolute atomic E-state index is 11.0. The van der Waals surface area contributed by atoms with Crippen molar-refractivity contribution < 1.29 is 14.6 Å². The van der Waals surface area contributed by atoms with E-state index in [0.29, 0.717) is 13.2 Å². The highest BCUT2D eigenvalue weighted by Gasteiger charge is 2.35. The van der Waals surface area contributed by atoms with E-state index < -0.39 is 5.60 Å². The summed E-state index contributed by atoms with van der Waals surface area (Å²) in [6, 6.07) is 7.83. The molecule has 1 fully saturated rings. The van der Waals surface area contributed by atoms with Crippen molar-refractivity contribution in [3.8, 4) is 5.75 Å². The minimum atomic E-state index is -0.770. The van der Waals surface area contributed by atoms with Gasteiger partial charge in [-0.05, 0) is 31.9 Å². The van der Waals surface area contributed by atoms with Crippen molar-refractivity contribution in [1.82, 2.24) is 4.90 Å². The molecule has 1 aromatic carbocycles. The van der Waals surface area contributed by atoms with E-state index in [9.17, 15) is 5.11 Å². The summed E-state index contributed by atoms with van der Waals surface area (Å²) in [7, 11) is 1.66. The van der Waals surface area contributed by atoms with Gasteiger partial charge in [0.05, 0.1) is 12.2 Å². The molecule has 0 amide bonds. The molecule has 0 aliphatic carbocycles. The van der Waals surface area contributed by atoms with Crippen molar-refractivity contribution in [2.24, 2.45) is 0 Å². The molecule has 0 atom stereocenters. The van der Waals surface area contributed by atoms with Gasteiger partial charge in [0.1, 0.15) is 12.4 Å². The third kappa shape index (κ3) is 4.19. The summed E-state index contributed by atoms with van der Waals surface area (Å²) in [4.78, 5) is 2.42. The van der Waals surface area contributed by atoms with Crippen LogP contribution < -0.4 is 4.74 Å². The van der Waals surface area contributed by atoms with Crippen LogP contribution in [0.25, 0.3) is 0 Å². The minimum Gasteiger partial charge on any atom is -0.491 e. The Morgan fingerprint density at radius 1 is 1.19 bits per heavy atom. The van der Waals surface area contributed by atoms with E-state index >= 15 is 0 Å². The molecule has 118 valence electrons. The minimum absolute atomic E-state index is 0.506. The molecule has 0 bridgehead atoms. The molecule has 0 spiro atoms. The van der Waals surface area contributed by atoms with Gasteiger partial charge in [-0.25, -0.2) is 0 Å². The molecule has 2 rings (SSSR count). The van der Waals surface area contributed by atoms with Gasteiger partial charge in [0.2, 0.25) is 0 Å². The molecule has 0 saturated carbocycles. The molecule has 4 nitrogen and oxygen atoms in total. The molecule has 0 unspecified atom stereocenters. The lowest BCUT2D eigenvalue weighted by Gasteiger charge is -2.39. The van der Waals surface area contributed by atoms with Crippen LogP contribution in [0.3, 0.4) is 0 Å². The van der Waals surface area contributed by atoms with Gasteiger partial charge in [0, 0.05) is 25.8 Å². The summed E-state index contributed by atoms with van der Waals surface area (Å²) in [6.07, 6.45) is 2.68. The highest BCUT2D eigenvalue weighted by molar-refractivity contribution is 5.38. The van der Waals surface area contributed by atoms with Gasteiger partial charge in [-0.2, -0.15) is 0 Å². The van der Waals surface area contributed by atoms with Crippen LogP contribution in [0.2, 0.25) is 0 Å². The number of benzene rings is 1. The molecule has 21 heavy (non-hydrogen) atoms. The average Bonchev–Trinajstić information content (AvgIpc) is 2.51. The van der Waals surface area contributed by atoms with Crippen LogP contribution in [0, 0.1) is 0 Å². The van der Waals surface area contributed by atoms with Gasteiger partial charge in [-0.3, -0.25) is 0 Å². The number of hydrogen-bond acceptors (Lipinski definition) is 4. The lowest BCUT2D eigenvalue weighted by atomic mass is 9.84. The third-order valence-electron chi connectivity index (χ3n) is 4.16. The van der Waals surface area contributed by atoms with E-state index in [1.54, 1.807) is 7.11 Å². The van der Waals surface area contributed by atoms with Crippen molar-refractivity contribution in [2.45, 2.75) is 31.8 Å². The Balaban J connectivity index is 2.06. The fourth-order valence-corrected chi connectivity index (χ4v) is 2.94. The summed E-state index contributed by atoms with van der Waals surface area (Å²) in [5, 5.41) is 11.0. The number of hydrogen-bond donors (Lipinski definition) is 1. The lowest BCUT2D eigenvalue weighted by Crippen LogP contribution is -2.43. The Labute approximate surface area is 127 Å². The molecule has 0 aromatic heterocycles. The molecule has 1 saturated heterocycles. The van der Waals surface area contributed by atoms with Gasteiger partial charge in [0.25, 0.3) is 0 Å². The maximum Gasteiger partial charge on any atom is 0.125 e. The largest absolute Gasteiger partial charge is 0.491 e. The van der Waals surface area contributed by atoms with Crippen LogP contribution in [-0.4, -0.2) is 50.0 Å². The normalized spacial score (nSPS) is 18.6. The van der Waals surface area contributed by atoms with Crippen molar-refractivity contribution in [2.75, 3.05) is 40.0 Å². The van der Waals surface area contributed by atoms with Gasteiger partial charge < -0.3 is 19.5 Å². The molecule has 1 heterocycles. The van der Waals surface area contributed by atoms with Gasteiger partial charge in [-0.1, -0.05) is 25.1 Å². The quantitative estimate of drug-likeness (QED) is 0.784. The predicted molar refractivity (Wildman–Crippen MR) is 83.7 cm³/mol. The predicted octanol–water partition coefficient (Wildman–Crippen LogP) is 2.41. The van der Waals surface area contributed by atoms with Gasteiger partial charge >= 0.3 is 0 Å². The average molecular weight is 293 g/mol. The number of para-hydroxylation sites is 1. The summed E-state index contributed by atoms with van der Waals surface area (Å²) in [6.45, 7) is 6.25. The zero-order valence-electron chi connectivity index (χ0n) is 13.2. The topological polar surface area (TPSA) is 41.9 Å². The molecule has 1 aliphatic heterocycles. The van der Waals surface area contributed by atoms with Crippen molar-refractivity contribution in [3.63, 3.8) is 0 Å². The first-order chi connectivity index (χ1) is 10.2. The zero-order valence-corrected chi connectivity index (χ0v) is 13.2. The van der Waals surface area contributed by atoms with Crippen LogP contribution in [-0.2, 0) is 10.3 Å². The number of likely N-dealkylation sites (tertiary alicyclic amines) is 1. The summed E-state index contributed by atoms with van der Waals surface area (Å²) in [5.74, 6) is 0.779. The number of aliphatic hydroxyl groups is 1. The van der Waals surface area contributed by atoms with Gasteiger partial charge in [0.15, 0.2) is 0 Å². The highest BCUT2D eigenvalue weighted by atomic mass is 16.5. The second-order valence-corrected chi connectivity index (χ2v) is 5.71. The first-order valence-electron chi connectivity index (χ1n) is 7.85. The Kier molecular flexibility index (Phi) is 6.03.